The average molecular weight is 318 g/mol. The molecule has 2 aromatic rings. The molecule has 0 aliphatic carbocycles. The lowest BCUT2D eigenvalue weighted by atomic mass is 10.0. The van der Waals surface area contributed by atoms with Crippen LogP contribution in [0, 0.1) is 5.82 Å². The Morgan fingerprint density at radius 1 is 1.00 bits per heavy atom. The zero-order valence-corrected chi connectivity index (χ0v) is 11.9. The van der Waals surface area contributed by atoms with Crippen molar-refractivity contribution in [3.05, 3.63) is 68.4 Å². The summed E-state index contributed by atoms with van der Waals surface area (Å²) in [7, 11) is 0. The maximum absolute atomic E-state index is 12.9. The van der Waals surface area contributed by atoms with E-state index in [1.165, 1.54) is 12.1 Å². The van der Waals surface area contributed by atoms with Gasteiger partial charge in [0.05, 0.1) is 5.02 Å². The largest absolute Gasteiger partial charge is 0.294 e. The Balaban J connectivity index is 2.25. The second-order valence-corrected chi connectivity index (χ2v) is 5.21. The van der Waals surface area contributed by atoms with Crippen molar-refractivity contribution >= 4 is 40.6 Å². The van der Waals surface area contributed by atoms with Gasteiger partial charge >= 0.3 is 0 Å². The number of hydrogen-bond acceptors (Lipinski definition) is 1. The third-order valence-electron chi connectivity index (χ3n) is 2.60. The van der Waals surface area contributed by atoms with Gasteiger partial charge in [-0.05, 0) is 35.9 Å². The fourth-order valence-corrected chi connectivity index (χ4v) is 2.40. The molecule has 0 radical (unpaired) electrons. The molecule has 0 N–H and O–H groups in total. The highest BCUT2D eigenvalue weighted by Gasteiger charge is 2.13. The SMILES string of the molecule is O=C(Cc1ccc(Cl)cc1Cl)c1ccc(F)cc1Cl. The number of rotatable bonds is 3. The lowest BCUT2D eigenvalue weighted by Crippen LogP contribution is -2.05. The maximum atomic E-state index is 12.9. The van der Waals surface area contributed by atoms with E-state index in [0.29, 0.717) is 15.6 Å². The summed E-state index contributed by atoms with van der Waals surface area (Å²) < 4.78 is 12.9. The molecule has 0 saturated carbocycles. The predicted molar refractivity (Wildman–Crippen MR) is 75.9 cm³/mol. The molecular formula is C14H8Cl3FO. The minimum Gasteiger partial charge on any atom is -0.294 e. The van der Waals surface area contributed by atoms with E-state index in [-0.39, 0.29) is 22.8 Å². The van der Waals surface area contributed by atoms with Crippen LogP contribution in [0.15, 0.2) is 36.4 Å². The third-order valence-corrected chi connectivity index (χ3v) is 3.50. The van der Waals surface area contributed by atoms with Crippen molar-refractivity contribution in [2.45, 2.75) is 6.42 Å². The molecule has 2 aromatic carbocycles. The van der Waals surface area contributed by atoms with E-state index in [9.17, 15) is 9.18 Å². The first-order valence-electron chi connectivity index (χ1n) is 5.39. The molecule has 0 bridgehead atoms. The van der Waals surface area contributed by atoms with Gasteiger partial charge in [-0.3, -0.25) is 4.79 Å². The molecule has 0 atom stereocenters. The summed E-state index contributed by atoms with van der Waals surface area (Å²) in [6, 6.07) is 8.57. The van der Waals surface area contributed by atoms with Gasteiger partial charge in [-0.25, -0.2) is 4.39 Å². The maximum Gasteiger partial charge on any atom is 0.168 e. The van der Waals surface area contributed by atoms with E-state index in [0.717, 1.165) is 6.07 Å². The molecule has 0 unspecified atom stereocenters. The van der Waals surface area contributed by atoms with Crippen molar-refractivity contribution in [3.8, 4) is 0 Å². The predicted octanol–water partition coefficient (Wildman–Crippen LogP) is 5.21. The number of benzene rings is 2. The molecule has 0 aliphatic heterocycles. The van der Waals surface area contributed by atoms with Gasteiger partial charge in [-0.2, -0.15) is 0 Å². The molecule has 0 saturated heterocycles. The Kier molecular flexibility index (Phi) is 4.46. The molecule has 0 aromatic heterocycles. The van der Waals surface area contributed by atoms with Crippen molar-refractivity contribution in [2.75, 3.05) is 0 Å². The van der Waals surface area contributed by atoms with Crippen LogP contribution in [0.2, 0.25) is 15.1 Å². The monoisotopic (exact) mass is 316 g/mol. The van der Waals surface area contributed by atoms with Gasteiger partial charge in [0, 0.05) is 22.0 Å². The Bertz CT molecular complexity index is 641. The van der Waals surface area contributed by atoms with Crippen molar-refractivity contribution in [3.63, 3.8) is 0 Å². The van der Waals surface area contributed by atoms with Crippen LogP contribution in [0.3, 0.4) is 0 Å². The van der Waals surface area contributed by atoms with Gasteiger partial charge in [0.15, 0.2) is 5.78 Å². The Labute approximate surface area is 124 Å². The number of halogens is 4. The second-order valence-electron chi connectivity index (χ2n) is 3.96. The first kappa shape index (κ1) is 14.3. The molecule has 0 fully saturated rings. The highest BCUT2D eigenvalue weighted by molar-refractivity contribution is 6.35. The van der Waals surface area contributed by atoms with Crippen molar-refractivity contribution in [1.82, 2.24) is 0 Å². The fraction of sp³-hybridized carbons (Fsp3) is 0.0714. The van der Waals surface area contributed by atoms with Crippen LogP contribution >= 0.6 is 34.8 Å². The summed E-state index contributed by atoms with van der Waals surface area (Å²) >= 11 is 17.6. The molecule has 0 aliphatic rings. The molecule has 98 valence electrons. The Morgan fingerprint density at radius 2 is 1.74 bits per heavy atom. The van der Waals surface area contributed by atoms with Crippen LogP contribution in [-0.2, 0) is 6.42 Å². The van der Waals surface area contributed by atoms with E-state index in [4.69, 9.17) is 34.8 Å². The minimum absolute atomic E-state index is 0.0847. The summed E-state index contributed by atoms with van der Waals surface area (Å²) in [4.78, 5) is 12.1. The molecule has 1 nitrogen and oxygen atoms in total. The molecular weight excluding hydrogens is 310 g/mol. The second kappa shape index (κ2) is 5.91. The number of carbonyl (C=O) groups excluding carboxylic acids is 1. The summed E-state index contributed by atoms with van der Waals surface area (Å²) in [6.45, 7) is 0. The Hall–Kier alpha value is -1.09. The van der Waals surface area contributed by atoms with Gasteiger partial charge < -0.3 is 0 Å². The van der Waals surface area contributed by atoms with Crippen LogP contribution in [0.4, 0.5) is 4.39 Å². The van der Waals surface area contributed by atoms with E-state index in [1.54, 1.807) is 18.2 Å². The molecule has 0 amide bonds. The number of hydrogen-bond donors (Lipinski definition) is 0. The summed E-state index contributed by atoms with van der Waals surface area (Å²) in [6.07, 6.45) is 0.0847. The van der Waals surface area contributed by atoms with Crippen molar-refractivity contribution in [1.29, 1.82) is 0 Å². The van der Waals surface area contributed by atoms with E-state index in [1.807, 2.05) is 0 Å². The smallest absolute Gasteiger partial charge is 0.168 e. The highest BCUT2D eigenvalue weighted by Crippen LogP contribution is 2.24. The summed E-state index contributed by atoms with van der Waals surface area (Å²) in [5.41, 5.74) is 0.922. The van der Waals surface area contributed by atoms with Crippen molar-refractivity contribution in [2.24, 2.45) is 0 Å². The molecule has 2 rings (SSSR count). The first-order valence-corrected chi connectivity index (χ1v) is 6.53. The van der Waals surface area contributed by atoms with Crippen LogP contribution in [0.1, 0.15) is 15.9 Å². The molecule has 5 heteroatoms. The van der Waals surface area contributed by atoms with Crippen LogP contribution < -0.4 is 0 Å². The normalized spacial score (nSPS) is 10.5. The number of Topliss-reactive ketones (excluding diaryl/α,β-unsaturated/α-hetero) is 1. The van der Waals surface area contributed by atoms with Crippen LogP contribution in [0.25, 0.3) is 0 Å². The van der Waals surface area contributed by atoms with Gasteiger partial charge in [0.2, 0.25) is 0 Å². The lowest BCUT2D eigenvalue weighted by Gasteiger charge is -2.06. The number of carbonyl (C=O) groups is 1. The zero-order valence-electron chi connectivity index (χ0n) is 9.59. The average Bonchev–Trinajstić information content (AvgIpc) is 2.32. The Morgan fingerprint density at radius 3 is 2.37 bits per heavy atom. The molecule has 0 spiro atoms. The molecule has 0 heterocycles. The van der Waals surface area contributed by atoms with Gasteiger partial charge in [-0.1, -0.05) is 40.9 Å². The lowest BCUT2D eigenvalue weighted by molar-refractivity contribution is 0.0993. The third kappa shape index (κ3) is 3.47. The topological polar surface area (TPSA) is 17.1 Å². The fourth-order valence-electron chi connectivity index (χ4n) is 1.65. The summed E-state index contributed by atoms with van der Waals surface area (Å²) in [5.74, 6) is -0.708. The van der Waals surface area contributed by atoms with E-state index < -0.39 is 5.82 Å². The van der Waals surface area contributed by atoms with Crippen molar-refractivity contribution < 1.29 is 9.18 Å². The van der Waals surface area contributed by atoms with Gasteiger partial charge in [0.1, 0.15) is 5.82 Å². The van der Waals surface area contributed by atoms with Gasteiger partial charge in [-0.15, -0.1) is 0 Å². The summed E-state index contributed by atoms with van der Waals surface area (Å²) in [5, 5.41) is 1.01. The van der Waals surface area contributed by atoms with E-state index >= 15 is 0 Å². The quantitative estimate of drug-likeness (QED) is 0.710. The van der Waals surface area contributed by atoms with Gasteiger partial charge in [0.25, 0.3) is 0 Å². The van der Waals surface area contributed by atoms with Crippen LogP contribution in [0.5, 0.6) is 0 Å². The zero-order chi connectivity index (χ0) is 14.0. The van der Waals surface area contributed by atoms with E-state index in [2.05, 4.69) is 0 Å². The minimum atomic E-state index is -0.480. The number of ketones is 1. The standard InChI is InChI=1S/C14H8Cl3FO/c15-9-2-1-8(12(16)6-9)5-14(19)11-4-3-10(18)7-13(11)17/h1-4,6-7H,5H2. The molecule has 19 heavy (non-hydrogen) atoms. The highest BCUT2D eigenvalue weighted by atomic mass is 35.5. The van der Waals surface area contributed by atoms with Crippen LogP contribution in [-0.4, -0.2) is 5.78 Å². The first-order chi connectivity index (χ1) is 8.97.